The van der Waals surface area contributed by atoms with Crippen molar-refractivity contribution < 1.29 is 14.3 Å². The second-order valence-corrected chi connectivity index (χ2v) is 5.65. The molecule has 0 aliphatic rings. The third-order valence-corrected chi connectivity index (χ3v) is 4.31. The van der Waals surface area contributed by atoms with Crippen molar-refractivity contribution in [3.63, 3.8) is 0 Å². The molecule has 0 heterocycles. The number of aryl methyl sites for hydroxylation is 1. The van der Waals surface area contributed by atoms with Crippen LogP contribution in [0, 0.1) is 0 Å². The molecular formula is C19H22ClNO3. The van der Waals surface area contributed by atoms with Gasteiger partial charge in [0.15, 0.2) is 0 Å². The van der Waals surface area contributed by atoms with Crippen LogP contribution in [-0.2, 0) is 16.0 Å². The van der Waals surface area contributed by atoms with Crippen LogP contribution in [0.15, 0.2) is 36.4 Å². The minimum absolute atomic E-state index is 0.0162. The Balaban J connectivity index is 2.59. The number of ether oxygens (including phenoxy) is 2. The molecule has 0 radical (unpaired) electrons. The predicted octanol–water partition coefficient (Wildman–Crippen LogP) is 4.26. The molecule has 0 amide bonds. The van der Waals surface area contributed by atoms with E-state index in [9.17, 15) is 4.79 Å². The van der Waals surface area contributed by atoms with E-state index in [-0.39, 0.29) is 6.61 Å². The van der Waals surface area contributed by atoms with Crippen LogP contribution in [0.2, 0.25) is 5.02 Å². The van der Waals surface area contributed by atoms with Crippen LogP contribution in [0.25, 0.3) is 0 Å². The summed E-state index contributed by atoms with van der Waals surface area (Å²) in [6.07, 6.45) is 1.18. The first kappa shape index (κ1) is 18.3. The lowest BCUT2D eigenvalue weighted by Gasteiger charge is -2.23. The summed E-state index contributed by atoms with van der Waals surface area (Å²) in [6, 6.07) is 11.7. The molecule has 0 spiro atoms. The number of benzene rings is 2. The maximum absolute atomic E-state index is 10.9. The van der Waals surface area contributed by atoms with Crippen LogP contribution in [0.3, 0.4) is 0 Å². The third kappa shape index (κ3) is 3.89. The summed E-state index contributed by atoms with van der Waals surface area (Å²) in [6.45, 7) is 2.08. The van der Waals surface area contributed by atoms with Crippen LogP contribution in [0.1, 0.15) is 29.7 Å². The quantitative estimate of drug-likeness (QED) is 0.725. The zero-order valence-electron chi connectivity index (χ0n) is 14.1. The molecule has 1 atom stereocenters. The van der Waals surface area contributed by atoms with Crippen LogP contribution in [0.5, 0.6) is 5.75 Å². The monoisotopic (exact) mass is 347 g/mol. The second-order valence-electron chi connectivity index (χ2n) is 5.27. The maximum atomic E-state index is 10.9. The van der Waals surface area contributed by atoms with E-state index in [0.717, 1.165) is 29.5 Å². The standard InChI is InChI=1S/C19H22ClNO3/c1-4-13-8-9-16(21-2)15(12-13)19(24-11-10-22)14-6-5-7-17(23-3)18(14)20/h5-10,12,19,21H,4,11H2,1-3H3. The topological polar surface area (TPSA) is 47.6 Å². The molecule has 24 heavy (non-hydrogen) atoms. The van der Waals surface area contributed by atoms with Crippen LogP contribution in [-0.4, -0.2) is 27.1 Å². The van der Waals surface area contributed by atoms with E-state index in [1.165, 1.54) is 5.56 Å². The van der Waals surface area contributed by atoms with Gasteiger partial charge >= 0.3 is 0 Å². The Kier molecular flexibility index (Phi) is 6.64. The summed E-state index contributed by atoms with van der Waals surface area (Å²) in [5.41, 5.74) is 3.82. The zero-order chi connectivity index (χ0) is 17.5. The molecule has 1 unspecified atom stereocenters. The van der Waals surface area contributed by atoms with Gasteiger partial charge in [-0.05, 0) is 24.1 Å². The second kappa shape index (κ2) is 8.71. The van der Waals surface area contributed by atoms with Crippen molar-refractivity contribution in [1.82, 2.24) is 0 Å². The van der Waals surface area contributed by atoms with Gasteiger partial charge in [0.1, 0.15) is 24.7 Å². The average Bonchev–Trinajstić information content (AvgIpc) is 2.63. The Bertz CT molecular complexity index is 703. The lowest BCUT2D eigenvalue weighted by molar-refractivity contribution is -0.113. The summed E-state index contributed by atoms with van der Waals surface area (Å²) >= 11 is 6.49. The number of aldehydes is 1. The van der Waals surface area contributed by atoms with Crippen molar-refractivity contribution in [2.75, 3.05) is 26.1 Å². The molecule has 2 aromatic rings. The molecule has 0 bridgehead atoms. The van der Waals surface area contributed by atoms with Crippen molar-refractivity contribution in [2.24, 2.45) is 0 Å². The van der Waals surface area contributed by atoms with Crippen molar-refractivity contribution >= 4 is 23.6 Å². The fourth-order valence-corrected chi connectivity index (χ4v) is 2.95. The minimum Gasteiger partial charge on any atom is -0.495 e. The first-order valence-corrected chi connectivity index (χ1v) is 8.22. The number of nitrogens with one attached hydrogen (secondary N) is 1. The maximum Gasteiger partial charge on any atom is 0.145 e. The normalized spacial score (nSPS) is 11.8. The van der Waals surface area contributed by atoms with Crippen molar-refractivity contribution in [2.45, 2.75) is 19.4 Å². The van der Waals surface area contributed by atoms with Crippen molar-refractivity contribution in [1.29, 1.82) is 0 Å². The first-order valence-electron chi connectivity index (χ1n) is 7.84. The number of rotatable bonds is 8. The van der Waals surface area contributed by atoms with E-state index in [4.69, 9.17) is 21.1 Å². The largest absolute Gasteiger partial charge is 0.495 e. The zero-order valence-corrected chi connectivity index (χ0v) is 14.9. The molecule has 0 saturated carbocycles. The fourth-order valence-electron chi connectivity index (χ4n) is 2.65. The van der Waals surface area contributed by atoms with Crippen LogP contribution in [0.4, 0.5) is 5.69 Å². The summed E-state index contributed by atoms with van der Waals surface area (Å²) < 4.78 is 11.1. The molecule has 0 fully saturated rings. The summed E-state index contributed by atoms with van der Waals surface area (Å²) in [5, 5.41) is 3.66. The van der Waals surface area contributed by atoms with Gasteiger partial charge in [0.2, 0.25) is 0 Å². The molecule has 0 aliphatic heterocycles. The van der Waals surface area contributed by atoms with Gasteiger partial charge < -0.3 is 19.6 Å². The average molecular weight is 348 g/mol. The Morgan fingerprint density at radius 3 is 2.67 bits per heavy atom. The van der Waals surface area contributed by atoms with Gasteiger partial charge in [-0.2, -0.15) is 0 Å². The highest BCUT2D eigenvalue weighted by molar-refractivity contribution is 6.32. The molecule has 2 rings (SSSR count). The summed E-state index contributed by atoms with van der Waals surface area (Å²) in [7, 11) is 3.43. The van der Waals surface area contributed by atoms with E-state index in [1.807, 2.05) is 25.2 Å². The van der Waals surface area contributed by atoms with E-state index in [1.54, 1.807) is 13.2 Å². The molecule has 128 valence electrons. The Morgan fingerprint density at radius 2 is 2.04 bits per heavy atom. The number of hydrogen-bond acceptors (Lipinski definition) is 4. The van der Waals surface area contributed by atoms with Gasteiger partial charge in [-0.25, -0.2) is 0 Å². The van der Waals surface area contributed by atoms with Crippen molar-refractivity contribution in [3.8, 4) is 5.75 Å². The summed E-state index contributed by atoms with van der Waals surface area (Å²) in [5.74, 6) is 0.575. The lowest BCUT2D eigenvalue weighted by Crippen LogP contribution is -2.12. The lowest BCUT2D eigenvalue weighted by atomic mass is 9.96. The molecule has 2 aromatic carbocycles. The number of halogens is 1. The van der Waals surface area contributed by atoms with E-state index in [0.29, 0.717) is 10.8 Å². The Hall–Kier alpha value is -2.04. The smallest absolute Gasteiger partial charge is 0.145 e. The van der Waals surface area contributed by atoms with Gasteiger partial charge in [-0.1, -0.05) is 42.8 Å². The fraction of sp³-hybridized carbons (Fsp3) is 0.316. The third-order valence-electron chi connectivity index (χ3n) is 3.90. The van der Waals surface area contributed by atoms with Gasteiger partial charge in [-0.15, -0.1) is 0 Å². The van der Waals surface area contributed by atoms with E-state index in [2.05, 4.69) is 24.4 Å². The Morgan fingerprint density at radius 1 is 1.25 bits per heavy atom. The highest BCUT2D eigenvalue weighted by Crippen LogP contribution is 2.39. The molecule has 0 saturated heterocycles. The molecule has 4 nitrogen and oxygen atoms in total. The first-order chi connectivity index (χ1) is 11.7. The highest BCUT2D eigenvalue weighted by Gasteiger charge is 2.22. The Labute approximate surface area is 147 Å². The number of hydrogen-bond donors (Lipinski definition) is 1. The van der Waals surface area contributed by atoms with Crippen molar-refractivity contribution in [3.05, 3.63) is 58.1 Å². The molecule has 0 aliphatic carbocycles. The molecular weight excluding hydrogens is 326 g/mol. The number of anilines is 1. The highest BCUT2D eigenvalue weighted by atomic mass is 35.5. The summed E-state index contributed by atoms with van der Waals surface area (Å²) in [4.78, 5) is 10.9. The van der Waals surface area contributed by atoms with Gasteiger partial charge in [0.25, 0.3) is 0 Å². The van der Waals surface area contributed by atoms with E-state index < -0.39 is 6.10 Å². The molecule has 0 aromatic heterocycles. The van der Waals surface area contributed by atoms with Crippen LogP contribution < -0.4 is 10.1 Å². The SMILES string of the molecule is CCc1ccc(NC)c(C(OCC=O)c2cccc(OC)c2Cl)c1. The molecule has 1 N–H and O–H groups in total. The van der Waals surface area contributed by atoms with Gasteiger partial charge in [0, 0.05) is 23.9 Å². The predicted molar refractivity (Wildman–Crippen MR) is 97.2 cm³/mol. The number of carbonyl (C=O) groups is 1. The van der Waals surface area contributed by atoms with E-state index >= 15 is 0 Å². The number of carbonyl (C=O) groups excluding carboxylic acids is 1. The molecule has 5 heteroatoms. The van der Waals surface area contributed by atoms with Gasteiger partial charge in [0.05, 0.1) is 12.1 Å². The number of methoxy groups -OCH3 is 1. The minimum atomic E-state index is -0.466. The van der Waals surface area contributed by atoms with Crippen LogP contribution >= 0.6 is 11.6 Å². The van der Waals surface area contributed by atoms with Gasteiger partial charge in [-0.3, -0.25) is 0 Å².